The Labute approximate surface area is 78.9 Å². The molecule has 1 saturated carbocycles. The van der Waals surface area contributed by atoms with Crippen LogP contribution >= 0.6 is 11.9 Å². The summed E-state index contributed by atoms with van der Waals surface area (Å²) < 4.78 is 9.83. The molecule has 2 nitrogen and oxygen atoms in total. The van der Waals surface area contributed by atoms with Crippen molar-refractivity contribution in [2.45, 2.75) is 44.5 Å². The van der Waals surface area contributed by atoms with Crippen LogP contribution in [0.2, 0.25) is 0 Å². The van der Waals surface area contributed by atoms with Crippen molar-refractivity contribution in [2.75, 3.05) is 6.61 Å². The predicted octanol–water partition coefficient (Wildman–Crippen LogP) is 2.68. The zero-order chi connectivity index (χ0) is 9.03. The molecule has 0 spiro atoms. The number of rotatable bonds is 4. The first kappa shape index (κ1) is 10.1. The van der Waals surface area contributed by atoms with E-state index >= 15 is 0 Å². The van der Waals surface area contributed by atoms with Gasteiger partial charge in [-0.25, -0.2) is 4.40 Å². The lowest BCUT2D eigenvalue weighted by molar-refractivity contribution is 0.159. The lowest BCUT2D eigenvalue weighted by Gasteiger charge is -2.11. The molecule has 0 radical (unpaired) electrons. The molecule has 1 fully saturated rings. The molecule has 70 valence electrons. The molecule has 0 aromatic carbocycles. The van der Waals surface area contributed by atoms with E-state index in [1.54, 1.807) is 11.9 Å². The van der Waals surface area contributed by atoms with Crippen molar-refractivity contribution < 1.29 is 4.74 Å². The van der Waals surface area contributed by atoms with Crippen LogP contribution in [0.4, 0.5) is 0 Å². The van der Waals surface area contributed by atoms with Gasteiger partial charge in [-0.1, -0.05) is 0 Å². The standard InChI is InChI=1S/C9H17NOS/c1-9(2,3)12-10-6-7-11-8-4-5-8/h6,8H,4-5,7H2,1-3H3. The lowest BCUT2D eigenvalue weighted by Crippen LogP contribution is -2.05. The van der Waals surface area contributed by atoms with Crippen LogP contribution in [0.25, 0.3) is 0 Å². The maximum atomic E-state index is 5.41. The van der Waals surface area contributed by atoms with Crippen LogP contribution in [0, 0.1) is 0 Å². The molecular weight excluding hydrogens is 170 g/mol. The second-order valence-corrected chi connectivity index (χ2v) is 5.64. The number of hydrogen-bond acceptors (Lipinski definition) is 3. The Morgan fingerprint density at radius 2 is 2.17 bits per heavy atom. The zero-order valence-electron chi connectivity index (χ0n) is 8.04. The lowest BCUT2D eigenvalue weighted by atomic mass is 10.3. The van der Waals surface area contributed by atoms with Crippen LogP contribution in [-0.4, -0.2) is 23.7 Å². The molecule has 0 aliphatic heterocycles. The van der Waals surface area contributed by atoms with E-state index in [0.717, 1.165) is 0 Å². The van der Waals surface area contributed by atoms with E-state index < -0.39 is 0 Å². The fraction of sp³-hybridized carbons (Fsp3) is 0.889. The largest absolute Gasteiger partial charge is 0.373 e. The molecule has 0 unspecified atom stereocenters. The third kappa shape index (κ3) is 5.61. The summed E-state index contributed by atoms with van der Waals surface area (Å²) in [4.78, 5) is 0. The maximum Gasteiger partial charge on any atom is 0.0829 e. The molecule has 0 heterocycles. The average molecular weight is 187 g/mol. The summed E-state index contributed by atoms with van der Waals surface area (Å²) in [6, 6.07) is 0. The van der Waals surface area contributed by atoms with E-state index in [1.807, 2.05) is 6.21 Å². The Bertz CT molecular complexity index is 158. The van der Waals surface area contributed by atoms with Crippen LogP contribution in [-0.2, 0) is 4.74 Å². The monoisotopic (exact) mass is 187 g/mol. The van der Waals surface area contributed by atoms with E-state index in [0.29, 0.717) is 12.7 Å². The van der Waals surface area contributed by atoms with E-state index in [-0.39, 0.29) is 4.75 Å². The molecule has 0 N–H and O–H groups in total. The third-order valence-corrected chi connectivity index (χ3v) is 2.13. The van der Waals surface area contributed by atoms with Crippen LogP contribution in [0.15, 0.2) is 4.40 Å². The van der Waals surface area contributed by atoms with Gasteiger partial charge in [0, 0.05) is 11.0 Å². The first-order valence-electron chi connectivity index (χ1n) is 4.39. The topological polar surface area (TPSA) is 21.6 Å². The highest BCUT2D eigenvalue weighted by Gasteiger charge is 2.21. The van der Waals surface area contributed by atoms with Gasteiger partial charge in [-0.15, -0.1) is 0 Å². The highest BCUT2D eigenvalue weighted by atomic mass is 32.2. The van der Waals surface area contributed by atoms with Gasteiger partial charge in [-0.05, 0) is 45.6 Å². The average Bonchev–Trinajstić information content (AvgIpc) is 2.68. The fourth-order valence-corrected chi connectivity index (χ4v) is 1.09. The minimum Gasteiger partial charge on any atom is -0.373 e. The summed E-state index contributed by atoms with van der Waals surface area (Å²) in [5.41, 5.74) is 0. The van der Waals surface area contributed by atoms with Crippen LogP contribution < -0.4 is 0 Å². The van der Waals surface area contributed by atoms with E-state index in [9.17, 15) is 0 Å². The van der Waals surface area contributed by atoms with Gasteiger partial charge in [-0.3, -0.25) is 0 Å². The SMILES string of the molecule is CC(C)(C)SN=CCOC1CC1. The van der Waals surface area contributed by atoms with Crippen molar-refractivity contribution in [3.8, 4) is 0 Å². The van der Waals surface area contributed by atoms with Crippen molar-refractivity contribution in [3.05, 3.63) is 0 Å². The molecule has 1 rings (SSSR count). The van der Waals surface area contributed by atoms with E-state index in [1.165, 1.54) is 12.8 Å². The van der Waals surface area contributed by atoms with Crippen LogP contribution in [0.5, 0.6) is 0 Å². The molecule has 0 atom stereocenters. The molecule has 0 aromatic heterocycles. The van der Waals surface area contributed by atoms with Crippen molar-refractivity contribution in [1.82, 2.24) is 0 Å². The summed E-state index contributed by atoms with van der Waals surface area (Å²) in [5, 5.41) is 0. The summed E-state index contributed by atoms with van der Waals surface area (Å²) in [6.07, 6.45) is 4.87. The van der Waals surface area contributed by atoms with Gasteiger partial charge in [0.25, 0.3) is 0 Å². The number of ether oxygens (including phenoxy) is 1. The Balaban J connectivity index is 1.97. The predicted molar refractivity (Wildman–Crippen MR) is 54.8 cm³/mol. The molecule has 0 amide bonds. The Hall–Kier alpha value is -0.0200. The highest BCUT2D eigenvalue weighted by Crippen LogP contribution is 2.24. The smallest absolute Gasteiger partial charge is 0.0829 e. The third-order valence-electron chi connectivity index (χ3n) is 1.33. The number of hydrogen-bond donors (Lipinski definition) is 0. The number of nitrogens with zero attached hydrogens (tertiary/aromatic N) is 1. The normalized spacial score (nSPS) is 18.9. The van der Waals surface area contributed by atoms with Crippen molar-refractivity contribution in [2.24, 2.45) is 4.40 Å². The van der Waals surface area contributed by atoms with Gasteiger partial charge >= 0.3 is 0 Å². The van der Waals surface area contributed by atoms with Gasteiger partial charge in [0.05, 0.1) is 12.7 Å². The Kier molecular flexibility index (Phi) is 3.59. The molecule has 12 heavy (non-hydrogen) atoms. The second kappa shape index (κ2) is 4.28. The highest BCUT2D eigenvalue weighted by molar-refractivity contribution is 7.99. The minimum atomic E-state index is 0.218. The summed E-state index contributed by atoms with van der Waals surface area (Å²) in [6.45, 7) is 7.12. The first-order chi connectivity index (χ1) is 5.58. The van der Waals surface area contributed by atoms with Gasteiger partial charge < -0.3 is 4.74 Å². The molecular formula is C9H17NOS. The van der Waals surface area contributed by atoms with Gasteiger partial charge in [0.1, 0.15) is 0 Å². The zero-order valence-corrected chi connectivity index (χ0v) is 8.86. The quantitative estimate of drug-likeness (QED) is 0.498. The van der Waals surface area contributed by atoms with Gasteiger partial charge in [-0.2, -0.15) is 0 Å². The summed E-state index contributed by atoms with van der Waals surface area (Å²) in [7, 11) is 0. The van der Waals surface area contributed by atoms with Crippen molar-refractivity contribution >= 4 is 18.2 Å². The second-order valence-electron chi connectivity index (χ2n) is 4.02. The van der Waals surface area contributed by atoms with Crippen molar-refractivity contribution in [1.29, 1.82) is 0 Å². The molecule has 0 bridgehead atoms. The molecule has 3 heteroatoms. The van der Waals surface area contributed by atoms with Crippen LogP contribution in [0.3, 0.4) is 0 Å². The Morgan fingerprint density at radius 3 is 2.67 bits per heavy atom. The van der Waals surface area contributed by atoms with E-state index in [2.05, 4.69) is 25.2 Å². The molecule has 0 aromatic rings. The summed E-state index contributed by atoms with van der Waals surface area (Å²) in [5.74, 6) is 0. The van der Waals surface area contributed by atoms with Gasteiger partial charge in [0.15, 0.2) is 0 Å². The minimum absolute atomic E-state index is 0.218. The van der Waals surface area contributed by atoms with E-state index in [4.69, 9.17) is 4.74 Å². The van der Waals surface area contributed by atoms with Crippen molar-refractivity contribution in [3.63, 3.8) is 0 Å². The molecule has 1 aliphatic carbocycles. The Morgan fingerprint density at radius 1 is 1.50 bits per heavy atom. The fourth-order valence-electron chi connectivity index (χ4n) is 0.640. The van der Waals surface area contributed by atoms with Crippen LogP contribution in [0.1, 0.15) is 33.6 Å². The molecule has 0 saturated heterocycles. The first-order valence-corrected chi connectivity index (χ1v) is 5.17. The maximum absolute atomic E-state index is 5.41. The van der Waals surface area contributed by atoms with Gasteiger partial charge in [0.2, 0.25) is 0 Å². The summed E-state index contributed by atoms with van der Waals surface area (Å²) >= 11 is 1.60. The molecule has 1 aliphatic rings.